The van der Waals surface area contributed by atoms with E-state index in [4.69, 9.17) is 4.74 Å². The molecule has 1 N–H and O–H groups in total. The molecule has 1 unspecified atom stereocenters. The zero-order chi connectivity index (χ0) is 13.5. The molecule has 0 aliphatic carbocycles. The van der Waals surface area contributed by atoms with E-state index in [0.717, 1.165) is 30.3 Å². The molecular formula is C14H25N3O. The van der Waals surface area contributed by atoms with Crippen molar-refractivity contribution < 1.29 is 4.74 Å². The van der Waals surface area contributed by atoms with Gasteiger partial charge >= 0.3 is 0 Å². The maximum absolute atomic E-state index is 5.18. The molecule has 1 heterocycles. The minimum Gasteiger partial charge on any atom is -0.384 e. The van der Waals surface area contributed by atoms with Crippen LogP contribution in [0.4, 0.5) is 5.82 Å². The van der Waals surface area contributed by atoms with Crippen LogP contribution in [0.2, 0.25) is 0 Å². The van der Waals surface area contributed by atoms with Crippen LogP contribution in [0.3, 0.4) is 0 Å². The number of methoxy groups -OCH3 is 1. The molecule has 0 aliphatic rings. The first kappa shape index (κ1) is 14.9. The standard InChI is InChI=1S/C14H25N3O/c1-6-7-15-13-8-12(10(2)3)16-14(17-13)11(4)9-18-5/h8,10-11H,6-7,9H2,1-5H3,(H,15,16,17). The number of hydrogen-bond acceptors (Lipinski definition) is 4. The second-order valence-electron chi connectivity index (χ2n) is 4.97. The predicted octanol–water partition coefficient (Wildman–Crippen LogP) is 3.17. The van der Waals surface area contributed by atoms with Crippen molar-refractivity contribution in [3.05, 3.63) is 17.6 Å². The molecule has 0 spiro atoms. The molecule has 1 aromatic heterocycles. The third-order valence-electron chi connectivity index (χ3n) is 2.77. The molecule has 0 saturated carbocycles. The van der Waals surface area contributed by atoms with Crippen LogP contribution in [0, 0.1) is 0 Å². The summed E-state index contributed by atoms with van der Waals surface area (Å²) in [5, 5.41) is 3.34. The summed E-state index contributed by atoms with van der Waals surface area (Å²) in [5.74, 6) is 2.41. The summed E-state index contributed by atoms with van der Waals surface area (Å²) in [4.78, 5) is 9.20. The van der Waals surface area contributed by atoms with E-state index in [2.05, 4.69) is 43.0 Å². The number of aromatic nitrogens is 2. The van der Waals surface area contributed by atoms with Gasteiger partial charge in [-0.1, -0.05) is 27.7 Å². The third kappa shape index (κ3) is 4.26. The van der Waals surface area contributed by atoms with Gasteiger partial charge in [0.2, 0.25) is 0 Å². The van der Waals surface area contributed by atoms with Crippen molar-refractivity contribution in [3.8, 4) is 0 Å². The summed E-state index contributed by atoms with van der Waals surface area (Å²) in [6.07, 6.45) is 1.09. The largest absolute Gasteiger partial charge is 0.384 e. The normalized spacial score (nSPS) is 12.8. The van der Waals surface area contributed by atoms with Gasteiger partial charge in [-0.3, -0.25) is 0 Å². The average Bonchev–Trinajstić information content (AvgIpc) is 2.36. The first-order valence-electron chi connectivity index (χ1n) is 6.70. The lowest BCUT2D eigenvalue weighted by atomic mass is 10.1. The highest BCUT2D eigenvalue weighted by Gasteiger charge is 2.13. The number of anilines is 1. The molecule has 0 aromatic carbocycles. The monoisotopic (exact) mass is 251 g/mol. The molecule has 1 aromatic rings. The number of nitrogens with one attached hydrogen (secondary N) is 1. The van der Waals surface area contributed by atoms with Crippen LogP contribution in [0.25, 0.3) is 0 Å². The van der Waals surface area contributed by atoms with Crippen molar-refractivity contribution in [2.45, 2.75) is 46.0 Å². The number of rotatable bonds is 7. The Hall–Kier alpha value is -1.16. The van der Waals surface area contributed by atoms with Crippen molar-refractivity contribution in [2.24, 2.45) is 0 Å². The fourth-order valence-corrected chi connectivity index (χ4v) is 1.67. The summed E-state index contributed by atoms with van der Waals surface area (Å²) in [6, 6.07) is 2.04. The predicted molar refractivity (Wildman–Crippen MR) is 75.2 cm³/mol. The lowest BCUT2D eigenvalue weighted by Crippen LogP contribution is -2.12. The van der Waals surface area contributed by atoms with E-state index in [1.165, 1.54) is 0 Å². The van der Waals surface area contributed by atoms with Crippen molar-refractivity contribution >= 4 is 5.82 Å². The molecule has 4 heteroatoms. The molecule has 0 amide bonds. The van der Waals surface area contributed by atoms with Crippen LogP contribution >= 0.6 is 0 Å². The van der Waals surface area contributed by atoms with Gasteiger partial charge in [0.1, 0.15) is 11.6 Å². The van der Waals surface area contributed by atoms with Crippen LogP contribution in [-0.4, -0.2) is 30.2 Å². The highest BCUT2D eigenvalue weighted by Crippen LogP contribution is 2.19. The van der Waals surface area contributed by atoms with Crippen LogP contribution in [0.15, 0.2) is 6.07 Å². The molecule has 0 fully saturated rings. The summed E-state index contributed by atoms with van der Waals surface area (Å²) < 4.78 is 5.18. The Bertz CT molecular complexity index is 366. The number of nitrogens with zero attached hydrogens (tertiary/aromatic N) is 2. The first-order chi connectivity index (χ1) is 8.58. The van der Waals surface area contributed by atoms with Gasteiger partial charge in [-0.25, -0.2) is 9.97 Å². The van der Waals surface area contributed by atoms with E-state index in [0.29, 0.717) is 12.5 Å². The van der Waals surface area contributed by atoms with Gasteiger partial charge in [0.25, 0.3) is 0 Å². The van der Waals surface area contributed by atoms with Gasteiger partial charge in [-0.2, -0.15) is 0 Å². The quantitative estimate of drug-likeness (QED) is 0.808. The summed E-state index contributed by atoms with van der Waals surface area (Å²) in [5.41, 5.74) is 1.08. The smallest absolute Gasteiger partial charge is 0.136 e. The minimum atomic E-state index is 0.218. The Balaban J connectivity index is 2.97. The third-order valence-corrected chi connectivity index (χ3v) is 2.77. The highest BCUT2D eigenvalue weighted by atomic mass is 16.5. The van der Waals surface area contributed by atoms with Crippen LogP contribution in [-0.2, 0) is 4.74 Å². The van der Waals surface area contributed by atoms with E-state index >= 15 is 0 Å². The summed E-state index contributed by atoms with van der Waals surface area (Å²) >= 11 is 0. The van der Waals surface area contributed by atoms with Crippen LogP contribution < -0.4 is 5.32 Å². The Morgan fingerprint density at radius 3 is 2.56 bits per heavy atom. The molecule has 102 valence electrons. The topological polar surface area (TPSA) is 47.0 Å². The fourth-order valence-electron chi connectivity index (χ4n) is 1.67. The fraction of sp³-hybridized carbons (Fsp3) is 0.714. The highest BCUT2D eigenvalue weighted by molar-refractivity contribution is 5.37. The summed E-state index contributed by atoms with van der Waals surface area (Å²) in [6.45, 7) is 10.1. The van der Waals surface area contributed by atoms with Crippen molar-refractivity contribution in [1.29, 1.82) is 0 Å². The van der Waals surface area contributed by atoms with E-state index in [1.807, 2.05) is 6.07 Å². The Morgan fingerprint density at radius 2 is 2.00 bits per heavy atom. The van der Waals surface area contributed by atoms with Crippen molar-refractivity contribution in [1.82, 2.24) is 9.97 Å². The number of ether oxygens (including phenoxy) is 1. The van der Waals surface area contributed by atoms with Crippen LogP contribution in [0.5, 0.6) is 0 Å². The molecule has 1 rings (SSSR count). The molecule has 0 bridgehead atoms. The second kappa shape index (κ2) is 7.31. The first-order valence-corrected chi connectivity index (χ1v) is 6.70. The SMILES string of the molecule is CCCNc1cc(C(C)C)nc(C(C)COC)n1. The minimum absolute atomic E-state index is 0.218. The molecule has 0 aliphatic heterocycles. The zero-order valence-corrected chi connectivity index (χ0v) is 12.2. The van der Waals surface area contributed by atoms with E-state index in [1.54, 1.807) is 7.11 Å². The lowest BCUT2D eigenvalue weighted by molar-refractivity contribution is 0.181. The van der Waals surface area contributed by atoms with Crippen LogP contribution in [0.1, 0.15) is 57.5 Å². The Labute approximate surface area is 110 Å². The molecule has 4 nitrogen and oxygen atoms in total. The lowest BCUT2D eigenvalue weighted by Gasteiger charge is -2.15. The van der Waals surface area contributed by atoms with Gasteiger partial charge < -0.3 is 10.1 Å². The maximum Gasteiger partial charge on any atom is 0.136 e. The number of hydrogen-bond donors (Lipinski definition) is 1. The molecule has 18 heavy (non-hydrogen) atoms. The zero-order valence-electron chi connectivity index (χ0n) is 12.2. The molecule has 1 atom stereocenters. The van der Waals surface area contributed by atoms with Gasteiger partial charge in [-0.05, 0) is 12.3 Å². The van der Waals surface area contributed by atoms with E-state index < -0.39 is 0 Å². The maximum atomic E-state index is 5.18. The van der Waals surface area contributed by atoms with E-state index in [9.17, 15) is 0 Å². The second-order valence-corrected chi connectivity index (χ2v) is 4.97. The average molecular weight is 251 g/mol. The van der Waals surface area contributed by atoms with E-state index in [-0.39, 0.29) is 5.92 Å². The van der Waals surface area contributed by atoms with Crippen molar-refractivity contribution in [2.75, 3.05) is 25.6 Å². The van der Waals surface area contributed by atoms with Gasteiger partial charge in [0.15, 0.2) is 0 Å². The molecule has 0 radical (unpaired) electrons. The molecular weight excluding hydrogens is 226 g/mol. The van der Waals surface area contributed by atoms with Gasteiger partial charge in [-0.15, -0.1) is 0 Å². The van der Waals surface area contributed by atoms with Crippen molar-refractivity contribution in [3.63, 3.8) is 0 Å². The molecule has 0 saturated heterocycles. The Morgan fingerprint density at radius 1 is 1.28 bits per heavy atom. The Kier molecular flexibility index (Phi) is 6.05. The van der Waals surface area contributed by atoms with Gasteiger partial charge in [0.05, 0.1) is 6.61 Å². The van der Waals surface area contributed by atoms with Gasteiger partial charge in [0, 0.05) is 31.3 Å². The summed E-state index contributed by atoms with van der Waals surface area (Å²) in [7, 11) is 1.71.